The van der Waals surface area contributed by atoms with Crippen molar-refractivity contribution in [1.82, 2.24) is 0 Å². The van der Waals surface area contributed by atoms with Gasteiger partial charge in [-0.25, -0.2) is 0 Å². The van der Waals surface area contributed by atoms with Crippen LogP contribution < -0.4 is 5.73 Å². The van der Waals surface area contributed by atoms with Crippen LogP contribution in [0.1, 0.15) is 22.7 Å². The first-order chi connectivity index (χ1) is 9.72. The highest BCUT2D eigenvalue weighted by atomic mass is 32.2. The Morgan fingerprint density at radius 2 is 1.70 bits per heavy atom. The minimum atomic E-state index is 0.00653. The zero-order valence-electron chi connectivity index (χ0n) is 11.3. The highest BCUT2D eigenvalue weighted by Gasteiger charge is 2.17. The molecular weight excluding hydrogens is 264 g/mol. The van der Waals surface area contributed by atoms with Crippen LogP contribution in [0, 0.1) is 6.92 Å². The van der Waals surface area contributed by atoms with Gasteiger partial charge in [-0.2, -0.15) is 0 Å². The first kappa shape index (κ1) is 13.0. The molecule has 2 aromatic carbocycles. The first-order valence-corrected chi connectivity index (χ1v) is 7.39. The summed E-state index contributed by atoms with van der Waals surface area (Å²) in [7, 11) is 0. The molecule has 2 aromatic rings. The van der Waals surface area contributed by atoms with E-state index >= 15 is 0 Å². The Kier molecular flexibility index (Phi) is 3.61. The summed E-state index contributed by atoms with van der Waals surface area (Å²) in [5.74, 6) is 0. The summed E-state index contributed by atoms with van der Waals surface area (Å²) in [6.07, 6.45) is 2.18. The van der Waals surface area contributed by atoms with Gasteiger partial charge in [0.25, 0.3) is 0 Å². The topological polar surface area (TPSA) is 38.4 Å². The van der Waals surface area contributed by atoms with Crippen LogP contribution in [0.25, 0.3) is 4.91 Å². The molecule has 1 aliphatic heterocycles. The Hall–Kier alpha value is -2.00. The molecule has 1 aliphatic rings. The Labute approximate surface area is 123 Å². The van der Waals surface area contributed by atoms with Gasteiger partial charge >= 0.3 is 0 Å². The molecule has 0 aromatic heterocycles. The van der Waals surface area contributed by atoms with Crippen LogP contribution in [0.15, 0.2) is 65.7 Å². The summed E-state index contributed by atoms with van der Waals surface area (Å²) in [6, 6.07) is 18.8. The fraction of sp³-hybridized carbons (Fsp3) is 0.118. The normalized spacial score (nSPS) is 18.4. The zero-order chi connectivity index (χ0) is 13.9. The second kappa shape index (κ2) is 5.55. The van der Waals surface area contributed by atoms with Crippen LogP contribution in [0.4, 0.5) is 0 Å². The van der Waals surface area contributed by atoms with Gasteiger partial charge in [0.05, 0.1) is 6.04 Å². The number of aryl methyl sites for hydroxylation is 1. The standard InChI is InChI=1S/C17H16N2S/c1-12-7-9-13(10-8-12)15-11-16(20-17(18)19-15)14-5-3-2-4-6-14/h2-11,15H,1H3,(H2,18,19). The van der Waals surface area contributed by atoms with Crippen LogP contribution in [0.3, 0.4) is 0 Å². The van der Waals surface area contributed by atoms with Crippen molar-refractivity contribution in [3.63, 3.8) is 0 Å². The Bertz CT molecular complexity index is 657. The molecule has 0 spiro atoms. The predicted molar refractivity (Wildman–Crippen MR) is 87.6 cm³/mol. The fourth-order valence-electron chi connectivity index (χ4n) is 2.18. The molecule has 20 heavy (non-hydrogen) atoms. The van der Waals surface area contributed by atoms with E-state index in [1.165, 1.54) is 33.4 Å². The van der Waals surface area contributed by atoms with Gasteiger partial charge in [0, 0.05) is 4.91 Å². The number of rotatable bonds is 2. The zero-order valence-corrected chi connectivity index (χ0v) is 12.1. The lowest BCUT2D eigenvalue weighted by Crippen LogP contribution is -2.12. The van der Waals surface area contributed by atoms with Crippen LogP contribution in [0.2, 0.25) is 0 Å². The number of nitrogens with zero attached hydrogens (tertiary/aromatic N) is 1. The third-order valence-corrected chi connectivity index (χ3v) is 4.17. The van der Waals surface area contributed by atoms with E-state index in [-0.39, 0.29) is 6.04 Å². The van der Waals surface area contributed by atoms with E-state index in [2.05, 4.69) is 54.4 Å². The number of amidine groups is 1. The third-order valence-electron chi connectivity index (χ3n) is 3.27. The van der Waals surface area contributed by atoms with Crippen LogP contribution in [0.5, 0.6) is 0 Å². The van der Waals surface area contributed by atoms with Crippen molar-refractivity contribution < 1.29 is 0 Å². The van der Waals surface area contributed by atoms with Gasteiger partial charge in [-0.1, -0.05) is 71.9 Å². The number of hydrogen-bond acceptors (Lipinski definition) is 3. The monoisotopic (exact) mass is 280 g/mol. The van der Waals surface area contributed by atoms with Crippen molar-refractivity contribution >= 4 is 21.8 Å². The summed E-state index contributed by atoms with van der Waals surface area (Å²) in [6.45, 7) is 2.09. The maximum absolute atomic E-state index is 5.99. The molecule has 2 nitrogen and oxygen atoms in total. The lowest BCUT2D eigenvalue weighted by Gasteiger charge is -2.18. The number of thioether (sulfide) groups is 1. The average Bonchev–Trinajstić information content (AvgIpc) is 2.48. The van der Waals surface area contributed by atoms with Crippen molar-refractivity contribution in [1.29, 1.82) is 0 Å². The molecule has 0 amide bonds. The van der Waals surface area contributed by atoms with Gasteiger partial charge < -0.3 is 5.73 Å². The van der Waals surface area contributed by atoms with Gasteiger partial charge in [0.15, 0.2) is 5.17 Å². The molecule has 3 rings (SSSR count). The molecule has 0 bridgehead atoms. The Morgan fingerprint density at radius 1 is 1.00 bits per heavy atom. The van der Waals surface area contributed by atoms with Crippen molar-refractivity contribution in [3.8, 4) is 0 Å². The molecule has 3 heteroatoms. The Balaban J connectivity index is 1.96. The number of aliphatic imine (C=N–C) groups is 1. The number of hydrogen-bond donors (Lipinski definition) is 1. The molecule has 0 radical (unpaired) electrons. The lowest BCUT2D eigenvalue weighted by molar-refractivity contribution is 0.914. The molecule has 0 fully saturated rings. The van der Waals surface area contributed by atoms with Crippen molar-refractivity contribution in [3.05, 3.63) is 77.4 Å². The maximum Gasteiger partial charge on any atom is 0.159 e. The molecule has 0 aliphatic carbocycles. The lowest BCUT2D eigenvalue weighted by atomic mass is 10.0. The van der Waals surface area contributed by atoms with Crippen LogP contribution in [-0.2, 0) is 0 Å². The second-order valence-corrected chi connectivity index (χ2v) is 5.88. The minimum absolute atomic E-state index is 0.00653. The van der Waals surface area contributed by atoms with Crippen molar-refractivity contribution in [2.45, 2.75) is 13.0 Å². The van der Waals surface area contributed by atoms with Gasteiger partial charge in [0.1, 0.15) is 0 Å². The van der Waals surface area contributed by atoms with Crippen LogP contribution >= 0.6 is 11.8 Å². The van der Waals surface area contributed by atoms with Crippen molar-refractivity contribution in [2.75, 3.05) is 0 Å². The highest BCUT2D eigenvalue weighted by Crippen LogP contribution is 2.36. The van der Waals surface area contributed by atoms with E-state index in [1.807, 2.05) is 18.2 Å². The van der Waals surface area contributed by atoms with E-state index < -0.39 is 0 Å². The van der Waals surface area contributed by atoms with E-state index in [0.717, 1.165) is 0 Å². The molecule has 1 unspecified atom stereocenters. The smallest absolute Gasteiger partial charge is 0.159 e. The highest BCUT2D eigenvalue weighted by molar-refractivity contribution is 8.21. The third kappa shape index (κ3) is 2.78. The quantitative estimate of drug-likeness (QED) is 0.898. The largest absolute Gasteiger partial charge is 0.378 e. The van der Waals surface area contributed by atoms with E-state index in [4.69, 9.17) is 5.73 Å². The Morgan fingerprint density at radius 3 is 2.40 bits per heavy atom. The average molecular weight is 280 g/mol. The molecular formula is C17H16N2S. The number of nitrogens with two attached hydrogens (primary N) is 1. The molecule has 2 N–H and O–H groups in total. The summed E-state index contributed by atoms with van der Waals surface area (Å²) in [5, 5.41) is 0.622. The number of benzene rings is 2. The molecule has 1 heterocycles. The predicted octanol–water partition coefficient (Wildman–Crippen LogP) is 4.14. The summed E-state index contributed by atoms with van der Waals surface area (Å²) < 4.78 is 0. The van der Waals surface area contributed by atoms with E-state index in [9.17, 15) is 0 Å². The maximum atomic E-state index is 5.99. The SMILES string of the molecule is Cc1ccc(C2C=C(c3ccccc3)SC(N)=N2)cc1. The molecule has 0 saturated heterocycles. The molecule has 0 saturated carbocycles. The van der Waals surface area contributed by atoms with Gasteiger partial charge in [-0.3, -0.25) is 4.99 Å². The summed E-state index contributed by atoms with van der Waals surface area (Å²) in [4.78, 5) is 5.71. The first-order valence-electron chi connectivity index (χ1n) is 6.57. The molecule has 1 atom stereocenters. The summed E-state index contributed by atoms with van der Waals surface area (Å²) >= 11 is 1.53. The van der Waals surface area contributed by atoms with E-state index in [0.29, 0.717) is 5.17 Å². The van der Waals surface area contributed by atoms with Gasteiger partial charge in [0.2, 0.25) is 0 Å². The van der Waals surface area contributed by atoms with Gasteiger partial charge in [-0.05, 0) is 24.1 Å². The van der Waals surface area contributed by atoms with E-state index in [1.54, 1.807) is 0 Å². The minimum Gasteiger partial charge on any atom is -0.378 e. The second-order valence-electron chi connectivity index (χ2n) is 4.82. The molecule has 100 valence electrons. The van der Waals surface area contributed by atoms with Gasteiger partial charge in [-0.15, -0.1) is 0 Å². The van der Waals surface area contributed by atoms with Crippen molar-refractivity contribution in [2.24, 2.45) is 10.7 Å². The van der Waals surface area contributed by atoms with Crippen LogP contribution in [-0.4, -0.2) is 5.17 Å². The summed E-state index contributed by atoms with van der Waals surface area (Å²) in [5.41, 5.74) is 9.61. The fourth-order valence-corrected chi connectivity index (χ4v) is 3.03.